The normalized spacial score (nSPS) is 14.2. The van der Waals surface area contributed by atoms with Crippen molar-refractivity contribution in [1.82, 2.24) is 0 Å². The Labute approximate surface area is 96.3 Å². The van der Waals surface area contributed by atoms with Crippen molar-refractivity contribution in [3.63, 3.8) is 0 Å². The number of esters is 1. The lowest BCUT2D eigenvalue weighted by Gasteiger charge is -2.20. The molecule has 0 bridgehead atoms. The van der Waals surface area contributed by atoms with E-state index >= 15 is 0 Å². The van der Waals surface area contributed by atoms with Crippen molar-refractivity contribution in [2.45, 2.75) is 32.8 Å². The molecule has 2 atom stereocenters. The molecule has 0 fully saturated rings. The molecule has 0 heterocycles. The molecule has 2 unspecified atom stereocenters. The van der Waals surface area contributed by atoms with Gasteiger partial charge in [-0.2, -0.15) is 0 Å². The third-order valence-electron chi connectivity index (χ3n) is 1.73. The molecular weight excluding hydrogens is 212 g/mol. The SMILES string of the molecule is C=CC(=O)OC(CC)OC(C)OCCOC. The van der Waals surface area contributed by atoms with Crippen molar-refractivity contribution in [2.24, 2.45) is 0 Å². The summed E-state index contributed by atoms with van der Waals surface area (Å²) in [6.45, 7) is 7.83. The molecule has 0 aromatic carbocycles. The summed E-state index contributed by atoms with van der Waals surface area (Å²) < 4.78 is 20.4. The highest BCUT2D eigenvalue weighted by Crippen LogP contribution is 2.06. The van der Waals surface area contributed by atoms with Crippen LogP contribution in [-0.2, 0) is 23.7 Å². The van der Waals surface area contributed by atoms with Gasteiger partial charge < -0.3 is 18.9 Å². The maximum absolute atomic E-state index is 10.9. The summed E-state index contributed by atoms with van der Waals surface area (Å²) in [6.07, 6.45) is 0.598. The maximum Gasteiger partial charge on any atom is 0.332 e. The third kappa shape index (κ3) is 7.39. The number of carbonyl (C=O) groups is 1. The molecule has 0 saturated heterocycles. The molecule has 0 aliphatic carbocycles. The minimum absolute atomic E-state index is 0.434. The van der Waals surface area contributed by atoms with Crippen LogP contribution >= 0.6 is 0 Å². The summed E-state index contributed by atoms with van der Waals surface area (Å²) in [4.78, 5) is 10.9. The van der Waals surface area contributed by atoms with Crippen LogP contribution in [-0.4, -0.2) is 38.9 Å². The van der Waals surface area contributed by atoms with Gasteiger partial charge in [-0.1, -0.05) is 13.5 Å². The van der Waals surface area contributed by atoms with Gasteiger partial charge in [0.1, 0.15) is 0 Å². The van der Waals surface area contributed by atoms with Crippen molar-refractivity contribution in [2.75, 3.05) is 20.3 Å². The summed E-state index contributed by atoms with van der Waals surface area (Å²) in [5, 5.41) is 0. The summed E-state index contributed by atoms with van der Waals surface area (Å²) >= 11 is 0. The zero-order valence-electron chi connectivity index (χ0n) is 10.1. The smallest absolute Gasteiger partial charge is 0.332 e. The molecule has 0 radical (unpaired) electrons. The Balaban J connectivity index is 3.82. The molecule has 5 heteroatoms. The number of rotatable bonds is 9. The molecule has 0 aromatic heterocycles. The van der Waals surface area contributed by atoms with E-state index in [4.69, 9.17) is 18.9 Å². The van der Waals surface area contributed by atoms with Crippen LogP contribution in [0.2, 0.25) is 0 Å². The molecule has 0 amide bonds. The average Bonchev–Trinajstić information content (AvgIpc) is 2.28. The lowest BCUT2D eigenvalue weighted by molar-refractivity contribution is -0.234. The molecule has 5 nitrogen and oxygen atoms in total. The van der Waals surface area contributed by atoms with Gasteiger partial charge in [0.05, 0.1) is 13.2 Å². The van der Waals surface area contributed by atoms with Crippen LogP contribution in [0.3, 0.4) is 0 Å². The van der Waals surface area contributed by atoms with E-state index in [0.717, 1.165) is 6.08 Å². The van der Waals surface area contributed by atoms with Crippen molar-refractivity contribution in [3.8, 4) is 0 Å². The Hall–Kier alpha value is -0.910. The van der Waals surface area contributed by atoms with Gasteiger partial charge in [-0.25, -0.2) is 4.79 Å². The van der Waals surface area contributed by atoms with Crippen molar-refractivity contribution < 1.29 is 23.7 Å². The number of hydrogen-bond donors (Lipinski definition) is 0. The second-order valence-electron chi connectivity index (χ2n) is 3.05. The summed E-state index contributed by atoms with van der Waals surface area (Å²) in [5.41, 5.74) is 0. The second-order valence-corrected chi connectivity index (χ2v) is 3.05. The molecule has 94 valence electrons. The van der Waals surface area contributed by atoms with Gasteiger partial charge >= 0.3 is 5.97 Å². The molecule has 0 spiro atoms. The Morgan fingerprint density at radius 1 is 1.44 bits per heavy atom. The molecule has 0 N–H and O–H groups in total. The zero-order chi connectivity index (χ0) is 12.4. The average molecular weight is 232 g/mol. The fraction of sp³-hybridized carbons (Fsp3) is 0.727. The van der Waals surface area contributed by atoms with Gasteiger partial charge in [-0.3, -0.25) is 0 Å². The van der Waals surface area contributed by atoms with Crippen LogP contribution in [0.5, 0.6) is 0 Å². The molecule has 0 saturated carbocycles. The van der Waals surface area contributed by atoms with Crippen LogP contribution in [0.4, 0.5) is 0 Å². The molecule has 0 rings (SSSR count). The molecule has 0 aromatic rings. The molecule has 0 aliphatic rings. The van der Waals surface area contributed by atoms with Crippen molar-refractivity contribution in [3.05, 3.63) is 12.7 Å². The Morgan fingerprint density at radius 3 is 2.62 bits per heavy atom. The number of hydrogen-bond acceptors (Lipinski definition) is 5. The van der Waals surface area contributed by atoms with E-state index in [-0.39, 0.29) is 0 Å². The maximum atomic E-state index is 10.9. The topological polar surface area (TPSA) is 54.0 Å². The summed E-state index contributed by atoms with van der Waals surface area (Å²) in [6, 6.07) is 0. The highest BCUT2D eigenvalue weighted by molar-refractivity contribution is 5.81. The molecular formula is C11H20O5. The Morgan fingerprint density at radius 2 is 2.12 bits per heavy atom. The quantitative estimate of drug-likeness (QED) is 0.261. The van der Waals surface area contributed by atoms with Gasteiger partial charge in [0, 0.05) is 19.6 Å². The first kappa shape index (κ1) is 15.1. The first-order valence-electron chi connectivity index (χ1n) is 5.23. The standard InChI is InChI=1S/C11H20O5/c1-5-10(12)16-11(6-2)15-9(3)14-8-7-13-4/h5,9,11H,1,6-8H2,2-4H3. The monoisotopic (exact) mass is 232 g/mol. The van der Waals surface area contributed by atoms with E-state index < -0.39 is 18.5 Å². The van der Waals surface area contributed by atoms with E-state index in [1.165, 1.54) is 0 Å². The highest BCUT2D eigenvalue weighted by Gasteiger charge is 2.14. The number of carbonyl (C=O) groups excluding carboxylic acids is 1. The van der Waals surface area contributed by atoms with Crippen LogP contribution in [0.25, 0.3) is 0 Å². The number of methoxy groups -OCH3 is 1. The second kappa shape index (κ2) is 9.33. The van der Waals surface area contributed by atoms with Gasteiger partial charge in [0.2, 0.25) is 6.29 Å². The van der Waals surface area contributed by atoms with Crippen LogP contribution in [0.1, 0.15) is 20.3 Å². The minimum Gasteiger partial charge on any atom is -0.433 e. The lowest BCUT2D eigenvalue weighted by atomic mass is 10.4. The third-order valence-corrected chi connectivity index (χ3v) is 1.73. The number of ether oxygens (including phenoxy) is 4. The van der Waals surface area contributed by atoms with Crippen LogP contribution in [0.15, 0.2) is 12.7 Å². The fourth-order valence-corrected chi connectivity index (χ4v) is 0.935. The van der Waals surface area contributed by atoms with Crippen molar-refractivity contribution in [1.29, 1.82) is 0 Å². The van der Waals surface area contributed by atoms with Crippen LogP contribution < -0.4 is 0 Å². The predicted octanol–water partition coefficient (Wildman–Crippen LogP) is 1.48. The van der Waals surface area contributed by atoms with E-state index in [1.54, 1.807) is 14.0 Å². The van der Waals surface area contributed by atoms with E-state index in [0.29, 0.717) is 19.6 Å². The highest BCUT2D eigenvalue weighted by atomic mass is 16.8. The Bertz CT molecular complexity index is 205. The first-order chi connectivity index (χ1) is 7.63. The lowest BCUT2D eigenvalue weighted by Crippen LogP contribution is -2.26. The van der Waals surface area contributed by atoms with Gasteiger partial charge in [0.15, 0.2) is 6.29 Å². The molecule has 16 heavy (non-hydrogen) atoms. The molecule has 0 aliphatic heterocycles. The van der Waals surface area contributed by atoms with Crippen LogP contribution in [0, 0.1) is 0 Å². The van der Waals surface area contributed by atoms with E-state index in [1.807, 2.05) is 6.92 Å². The zero-order valence-corrected chi connectivity index (χ0v) is 10.1. The fourth-order valence-electron chi connectivity index (χ4n) is 0.935. The van der Waals surface area contributed by atoms with Gasteiger partial charge in [0.25, 0.3) is 0 Å². The summed E-state index contributed by atoms with van der Waals surface area (Å²) in [5.74, 6) is -0.504. The summed E-state index contributed by atoms with van der Waals surface area (Å²) in [7, 11) is 1.59. The van der Waals surface area contributed by atoms with Crippen molar-refractivity contribution >= 4 is 5.97 Å². The van der Waals surface area contributed by atoms with Gasteiger partial charge in [-0.05, 0) is 6.92 Å². The van der Waals surface area contributed by atoms with E-state index in [2.05, 4.69) is 6.58 Å². The van der Waals surface area contributed by atoms with Gasteiger partial charge in [-0.15, -0.1) is 0 Å². The predicted molar refractivity (Wildman–Crippen MR) is 58.7 cm³/mol. The Kier molecular flexibility index (Phi) is 8.80. The minimum atomic E-state index is -0.608. The first-order valence-corrected chi connectivity index (χ1v) is 5.23. The largest absolute Gasteiger partial charge is 0.433 e. The van der Waals surface area contributed by atoms with E-state index in [9.17, 15) is 4.79 Å².